The number of nitrogens with zero attached hydrogens (tertiary/aromatic N) is 3. The number of benzene rings is 7. The molecule has 4 nitrogen and oxygen atoms in total. The van der Waals surface area contributed by atoms with Crippen LogP contribution in [0.2, 0.25) is 0 Å². The first-order chi connectivity index (χ1) is 27.3. The predicted octanol–water partition coefficient (Wildman–Crippen LogP) is 12.5. The molecule has 0 amide bonds. The van der Waals surface area contributed by atoms with Crippen LogP contribution >= 0.6 is 11.3 Å². The minimum absolute atomic E-state index is 0.0213. The second-order valence-electron chi connectivity index (χ2n) is 11.9. The van der Waals surface area contributed by atoms with Gasteiger partial charge in [-0.2, -0.15) is 0 Å². The summed E-state index contributed by atoms with van der Waals surface area (Å²) in [4.78, 5) is 14.5. The highest BCUT2D eigenvalue weighted by Crippen LogP contribution is 2.43. The summed E-state index contributed by atoms with van der Waals surface area (Å²) in [6.45, 7) is 0. The average Bonchev–Trinajstić information content (AvgIpc) is 3.83. The normalized spacial score (nSPS) is 13.3. The number of hydrogen-bond acceptors (Lipinski definition) is 5. The lowest BCUT2D eigenvalue weighted by Crippen LogP contribution is -2.00. The maximum atomic E-state index is 9.56. The zero-order valence-corrected chi connectivity index (χ0v) is 27.1. The second-order valence-corrected chi connectivity index (χ2v) is 13.0. The summed E-state index contributed by atoms with van der Waals surface area (Å²) < 4.78 is 63.9. The summed E-state index contributed by atoms with van der Waals surface area (Å²) in [5, 5.41) is 2.06. The van der Waals surface area contributed by atoms with Crippen molar-refractivity contribution < 1.29 is 12.6 Å². The predicted molar refractivity (Wildman–Crippen MR) is 207 cm³/mol. The Morgan fingerprint density at radius 3 is 1.98 bits per heavy atom. The Kier molecular flexibility index (Phi) is 5.35. The van der Waals surface area contributed by atoms with Crippen LogP contribution in [-0.4, -0.2) is 15.0 Å². The minimum atomic E-state index is -0.333. The third kappa shape index (κ3) is 4.79. The molecule has 0 saturated heterocycles. The standard InChI is InChI=1S/C45H27N3OS/c1-3-12-28(13-4-1)30-16-9-17-31(26-30)44-46-43(29-14-5-2-6-15-29)47-45(48-44)32-24-25-33-35-20-10-21-36(42(35)49-38(33)27-32)34-19-11-23-40-41(34)37-18-7-8-22-39(37)50-40/h1-27H/i10D,20D,21D,24D,25D,27D. The third-order valence-corrected chi connectivity index (χ3v) is 9.99. The van der Waals surface area contributed by atoms with E-state index in [0.717, 1.165) is 31.3 Å². The Hall–Kier alpha value is -6.43. The van der Waals surface area contributed by atoms with Gasteiger partial charge < -0.3 is 4.42 Å². The van der Waals surface area contributed by atoms with Crippen LogP contribution in [-0.2, 0) is 0 Å². The average molecular weight is 664 g/mol. The molecule has 0 atom stereocenters. The van der Waals surface area contributed by atoms with E-state index < -0.39 is 0 Å². The Bertz CT molecular complexity index is 3220. The van der Waals surface area contributed by atoms with Gasteiger partial charge in [-0.05, 0) is 47.0 Å². The topological polar surface area (TPSA) is 51.8 Å². The van der Waals surface area contributed by atoms with Crippen molar-refractivity contribution in [1.29, 1.82) is 0 Å². The van der Waals surface area contributed by atoms with Crippen LogP contribution in [0.4, 0.5) is 0 Å². The smallest absolute Gasteiger partial charge is 0.164 e. The SMILES string of the molecule is [2H]c1c([2H])c([2H])c2c(oc3c([2H])c(-c4nc(-c5ccccc5)nc(-c5cccc(-c6ccccc6)c5)n4)c([2H])c([2H])c32)c1-c1cccc2sc3ccccc3c12. The van der Waals surface area contributed by atoms with Crippen molar-refractivity contribution in [2.75, 3.05) is 0 Å². The van der Waals surface area contributed by atoms with Crippen molar-refractivity contribution in [2.24, 2.45) is 0 Å². The van der Waals surface area contributed by atoms with Crippen molar-refractivity contribution >= 4 is 53.4 Å². The van der Waals surface area contributed by atoms with Crippen LogP contribution < -0.4 is 0 Å². The summed E-state index contributed by atoms with van der Waals surface area (Å²) >= 11 is 1.62. The van der Waals surface area contributed by atoms with E-state index in [-0.39, 0.29) is 69.6 Å². The number of hydrogen-bond donors (Lipinski definition) is 0. The molecule has 0 spiro atoms. The van der Waals surface area contributed by atoms with E-state index in [1.807, 2.05) is 127 Å². The zero-order valence-electron chi connectivity index (χ0n) is 32.3. The van der Waals surface area contributed by atoms with Crippen molar-refractivity contribution in [1.82, 2.24) is 15.0 Å². The summed E-state index contributed by atoms with van der Waals surface area (Å²) in [5.74, 6) is 0.675. The quantitative estimate of drug-likeness (QED) is 0.184. The molecule has 10 rings (SSSR count). The van der Waals surface area contributed by atoms with Gasteiger partial charge in [0.2, 0.25) is 0 Å². The molecule has 0 N–H and O–H groups in total. The van der Waals surface area contributed by atoms with Gasteiger partial charge in [0, 0.05) is 53.2 Å². The molecule has 5 heteroatoms. The van der Waals surface area contributed by atoms with E-state index >= 15 is 0 Å². The largest absolute Gasteiger partial charge is 0.455 e. The van der Waals surface area contributed by atoms with Crippen molar-refractivity contribution in [2.45, 2.75) is 0 Å². The Labute approximate surface area is 300 Å². The highest BCUT2D eigenvalue weighted by molar-refractivity contribution is 7.25. The Morgan fingerprint density at radius 2 is 1.14 bits per heavy atom. The molecule has 0 saturated carbocycles. The monoisotopic (exact) mass is 663 g/mol. The van der Waals surface area contributed by atoms with E-state index in [1.165, 1.54) is 0 Å². The van der Waals surface area contributed by atoms with Gasteiger partial charge in [0.25, 0.3) is 0 Å². The highest BCUT2D eigenvalue weighted by Gasteiger charge is 2.18. The lowest BCUT2D eigenvalue weighted by Gasteiger charge is -2.09. The van der Waals surface area contributed by atoms with E-state index in [1.54, 1.807) is 11.3 Å². The first-order valence-corrected chi connectivity index (χ1v) is 16.9. The summed E-state index contributed by atoms with van der Waals surface area (Å²) in [6, 6.07) is 39.2. The molecule has 0 unspecified atom stereocenters. The van der Waals surface area contributed by atoms with E-state index in [2.05, 4.69) is 0 Å². The molecule has 0 radical (unpaired) electrons. The van der Waals surface area contributed by atoms with Gasteiger partial charge in [0.05, 0.1) is 8.22 Å². The Morgan fingerprint density at radius 1 is 0.480 bits per heavy atom. The maximum Gasteiger partial charge on any atom is 0.164 e. The molecular formula is C45H27N3OS. The maximum absolute atomic E-state index is 9.56. The van der Waals surface area contributed by atoms with Crippen LogP contribution in [0, 0.1) is 0 Å². The number of furan rings is 1. The molecule has 3 heterocycles. The molecular weight excluding hydrogens is 631 g/mol. The van der Waals surface area contributed by atoms with Crippen molar-refractivity contribution in [3.63, 3.8) is 0 Å². The number of fused-ring (bicyclic) bond motifs is 6. The van der Waals surface area contributed by atoms with E-state index in [4.69, 9.17) is 23.5 Å². The highest BCUT2D eigenvalue weighted by atomic mass is 32.1. The molecule has 0 aliphatic rings. The molecule has 234 valence electrons. The molecule has 0 fully saturated rings. The lowest BCUT2D eigenvalue weighted by atomic mass is 9.97. The van der Waals surface area contributed by atoms with Crippen molar-refractivity contribution in [3.8, 4) is 56.4 Å². The summed E-state index contributed by atoms with van der Waals surface area (Å²) in [5.41, 5.74) is 4.37. The van der Waals surface area contributed by atoms with Gasteiger partial charge in [-0.25, -0.2) is 15.0 Å². The number of aromatic nitrogens is 3. The third-order valence-electron chi connectivity index (χ3n) is 8.85. The van der Waals surface area contributed by atoms with Crippen molar-refractivity contribution in [3.05, 3.63) is 164 Å². The van der Waals surface area contributed by atoms with Crippen LogP contribution in [0.1, 0.15) is 8.22 Å². The van der Waals surface area contributed by atoms with Gasteiger partial charge in [0.15, 0.2) is 17.5 Å². The second kappa shape index (κ2) is 11.6. The molecule has 7 aromatic carbocycles. The first-order valence-electron chi connectivity index (χ1n) is 19.1. The molecule has 3 aromatic heterocycles. The van der Waals surface area contributed by atoms with Gasteiger partial charge >= 0.3 is 0 Å². The number of rotatable bonds is 5. The fraction of sp³-hybridized carbons (Fsp3) is 0. The molecule has 10 aromatic rings. The van der Waals surface area contributed by atoms with Crippen LogP contribution in [0.15, 0.2) is 168 Å². The van der Waals surface area contributed by atoms with Crippen LogP contribution in [0.3, 0.4) is 0 Å². The van der Waals surface area contributed by atoms with Gasteiger partial charge in [0.1, 0.15) is 11.2 Å². The van der Waals surface area contributed by atoms with Crippen LogP contribution in [0.25, 0.3) is 98.5 Å². The summed E-state index contributed by atoms with van der Waals surface area (Å²) in [6.07, 6.45) is 0. The summed E-state index contributed by atoms with van der Waals surface area (Å²) in [7, 11) is 0. The van der Waals surface area contributed by atoms with Gasteiger partial charge in [-0.1, -0.05) is 133 Å². The fourth-order valence-corrected chi connectivity index (χ4v) is 7.63. The molecule has 50 heavy (non-hydrogen) atoms. The molecule has 0 bridgehead atoms. The first kappa shape index (κ1) is 23.0. The molecule has 0 aliphatic heterocycles. The number of thiophene rings is 1. The van der Waals surface area contributed by atoms with E-state index in [0.29, 0.717) is 33.9 Å². The van der Waals surface area contributed by atoms with Gasteiger partial charge in [-0.15, -0.1) is 11.3 Å². The minimum Gasteiger partial charge on any atom is -0.455 e. The van der Waals surface area contributed by atoms with Gasteiger partial charge in [-0.3, -0.25) is 0 Å². The van der Waals surface area contributed by atoms with Crippen LogP contribution in [0.5, 0.6) is 0 Å². The Balaban J connectivity index is 1.24. The van der Waals surface area contributed by atoms with E-state index in [9.17, 15) is 4.11 Å². The lowest BCUT2D eigenvalue weighted by molar-refractivity contribution is 0.670. The zero-order chi connectivity index (χ0) is 38.2. The number of para-hydroxylation sites is 1. The fourth-order valence-electron chi connectivity index (χ4n) is 6.50. The molecule has 0 aliphatic carbocycles.